The van der Waals surface area contributed by atoms with Gasteiger partial charge in [0, 0.05) is 21.6 Å². The Kier molecular flexibility index (Phi) is 4.61. The van der Waals surface area contributed by atoms with Crippen molar-refractivity contribution in [3.8, 4) is 0 Å². The van der Waals surface area contributed by atoms with Crippen molar-refractivity contribution in [1.29, 1.82) is 0 Å². The Bertz CT molecular complexity index is 1060. The van der Waals surface area contributed by atoms with Crippen LogP contribution in [0.3, 0.4) is 0 Å². The minimum Gasteiger partial charge on any atom is -0.385 e. The lowest BCUT2D eigenvalue weighted by molar-refractivity contribution is 1.22. The Morgan fingerprint density at radius 1 is 0.519 bits per heavy atom. The van der Waals surface area contributed by atoms with Gasteiger partial charge < -0.3 is 11.5 Å². The maximum Gasteiger partial charge on any atom is 0.103 e. The Morgan fingerprint density at radius 2 is 0.889 bits per heavy atom. The molecule has 1 aliphatic rings. The molecular formula is C24H20N2S. The Balaban J connectivity index is 2.11. The van der Waals surface area contributed by atoms with Crippen molar-refractivity contribution in [2.45, 2.75) is 0 Å². The van der Waals surface area contributed by atoms with Gasteiger partial charge in [0.15, 0.2) is 0 Å². The largest absolute Gasteiger partial charge is 0.385 e. The summed E-state index contributed by atoms with van der Waals surface area (Å²) in [5.41, 5.74) is 19.5. The quantitative estimate of drug-likeness (QED) is 0.565. The zero-order chi connectivity index (χ0) is 18.8. The van der Waals surface area contributed by atoms with E-state index in [1.54, 1.807) is 0 Å². The van der Waals surface area contributed by atoms with Gasteiger partial charge in [0.25, 0.3) is 0 Å². The fourth-order valence-corrected chi connectivity index (χ4v) is 4.05. The van der Waals surface area contributed by atoms with E-state index >= 15 is 0 Å². The molecule has 4 N–H and O–H groups in total. The van der Waals surface area contributed by atoms with Crippen LogP contribution < -0.4 is 11.5 Å². The summed E-state index contributed by atoms with van der Waals surface area (Å²) in [6.07, 6.45) is 0. The van der Waals surface area contributed by atoms with E-state index in [4.69, 9.17) is 24.1 Å². The van der Waals surface area contributed by atoms with Crippen LogP contribution in [0, 0.1) is 0 Å². The lowest BCUT2D eigenvalue weighted by Crippen LogP contribution is -2.12. The molecule has 132 valence electrons. The van der Waals surface area contributed by atoms with Crippen LogP contribution >= 0.6 is 12.6 Å². The van der Waals surface area contributed by atoms with Gasteiger partial charge in [-0.15, -0.1) is 12.6 Å². The Morgan fingerprint density at radius 3 is 1.30 bits per heavy atom. The molecule has 2 nitrogen and oxygen atoms in total. The van der Waals surface area contributed by atoms with Crippen molar-refractivity contribution in [2.75, 3.05) is 0 Å². The minimum absolute atomic E-state index is 0.276. The summed E-state index contributed by atoms with van der Waals surface area (Å²) < 4.78 is 0. The first-order valence-corrected chi connectivity index (χ1v) is 9.23. The highest BCUT2D eigenvalue weighted by Crippen LogP contribution is 2.52. The zero-order valence-electron chi connectivity index (χ0n) is 14.8. The lowest BCUT2D eigenvalue weighted by Gasteiger charge is -2.14. The monoisotopic (exact) mass is 368 g/mol. The summed E-state index contributed by atoms with van der Waals surface area (Å²) in [4.78, 5) is 0.805. The van der Waals surface area contributed by atoms with Gasteiger partial charge in [0.2, 0.25) is 0 Å². The molecule has 0 fully saturated rings. The third-order valence-electron chi connectivity index (χ3n) is 4.70. The van der Waals surface area contributed by atoms with Crippen molar-refractivity contribution >= 4 is 29.3 Å². The van der Waals surface area contributed by atoms with Crippen LogP contribution in [-0.2, 0) is 0 Å². The molecule has 3 heteroatoms. The van der Waals surface area contributed by atoms with Crippen LogP contribution in [0.2, 0.25) is 0 Å². The van der Waals surface area contributed by atoms with Gasteiger partial charge in [0.1, 0.15) is 5.82 Å². The summed E-state index contributed by atoms with van der Waals surface area (Å²) in [7, 11) is 0. The van der Waals surface area contributed by atoms with Crippen LogP contribution in [0.5, 0.6) is 0 Å². The molecule has 0 spiro atoms. The fourth-order valence-electron chi connectivity index (χ4n) is 3.57. The van der Waals surface area contributed by atoms with E-state index in [0.29, 0.717) is 0 Å². The predicted octanol–water partition coefficient (Wildman–Crippen LogP) is 5.08. The molecule has 0 atom stereocenters. The number of rotatable bonds is 3. The molecule has 0 saturated carbocycles. The molecular weight excluding hydrogens is 348 g/mol. The summed E-state index contributed by atoms with van der Waals surface area (Å²) in [6.45, 7) is 0. The van der Waals surface area contributed by atoms with Crippen LogP contribution in [0.1, 0.15) is 16.7 Å². The molecule has 0 radical (unpaired) electrons. The van der Waals surface area contributed by atoms with E-state index in [2.05, 4.69) is 36.4 Å². The van der Waals surface area contributed by atoms with Gasteiger partial charge in [-0.25, -0.2) is 0 Å². The summed E-state index contributed by atoms with van der Waals surface area (Å²) in [5, 5.41) is 0. The van der Waals surface area contributed by atoms with Crippen LogP contribution in [0.4, 0.5) is 0 Å². The molecule has 0 saturated heterocycles. The molecule has 3 aromatic rings. The molecule has 0 aromatic heterocycles. The summed E-state index contributed by atoms with van der Waals surface area (Å²) in [6, 6.07) is 30.8. The highest BCUT2D eigenvalue weighted by molar-refractivity contribution is 7.85. The SMILES string of the molecule is NC(N)=C1C(S)=C(c2ccccc2)C(c2ccccc2)=C1c1ccccc1. The summed E-state index contributed by atoms with van der Waals surface area (Å²) >= 11 is 4.87. The normalized spacial score (nSPS) is 14.0. The minimum atomic E-state index is 0.276. The average molecular weight is 369 g/mol. The summed E-state index contributed by atoms with van der Waals surface area (Å²) in [5.74, 6) is 0.276. The molecule has 0 aliphatic heterocycles. The second-order valence-electron chi connectivity index (χ2n) is 6.40. The van der Waals surface area contributed by atoms with Crippen molar-refractivity contribution in [3.05, 3.63) is 124 Å². The van der Waals surface area contributed by atoms with Gasteiger partial charge in [-0.05, 0) is 22.3 Å². The first kappa shape index (κ1) is 17.3. The Labute approximate surface area is 164 Å². The van der Waals surface area contributed by atoms with Crippen molar-refractivity contribution in [3.63, 3.8) is 0 Å². The predicted molar refractivity (Wildman–Crippen MR) is 117 cm³/mol. The highest BCUT2D eigenvalue weighted by Gasteiger charge is 2.31. The third kappa shape index (κ3) is 3.07. The molecule has 3 aromatic carbocycles. The van der Waals surface area contributed by atoms with E-state index in [0.717, 1.165) is 43.9 Å². The molecule has 0 heterocycles. The number of hydrogen-bond donors (Lipinski definition) is 3. The molecule has 27 heavy (non-hydrogen) atoms. The molecule has 0 bridgehead atoms. The number of benzene rings is 3. The van der Waals surface area contributed by atoms with Gasteiger partial charge >= 0.3 is 0 Å². The van der Waals surface area contributed by atoms with E-state index in [9.17, 15) is 0 Å². The first-order chi connectivity index (χ1) is 13.2. The second kappa shape index (κ2) is 7.22. The number of hydrogen-bond acceptors (Lipinski definition) is 3. The van der Waals surface area contributed by atoms with E-state index in [1.807, 2.05) is 54.6 Å². The third-order valence-corrected chi connectivity index (χ3v) is 5.15. The van der Waals surface area contributed by atoms with Crippen LogP contribution in [0.15, 0.2) is 107 Å². The molecule has 0 unspecified atom stereocenters. The lowest BCUT2D eigenvalue weighted by atomic mass is 9.90. The topological polar surface area (TPSA) is 52.0 Å². The highest BCUT2D eigenvalue weighted by atomic mass is 32.1. The van der Waals surface area contributed by atoms with E-state index in [-0.39, 0.29) is 5.82 Å². The van der Waals surface area contributed by atoms with E-state index < -0.39 is 0 Å². The first-order valence-electron chi connectivity index (χ1n) is 8.78. The standard InChI is InChI=1S/C24H20N2S/c25-24(26)22-20(17-12-6-2-7-13-17)19(16-10-4-1-5-11-16)21(23(22)27)18-14-8-3-9-15-18/h1-15,27H,25-26H2. The average Bonchev–Trinajstić information content (AvgIpc) is 3.03. The van der Waals surface area contributed by atoms with Crippen molar-refractivity contribution < 1.29 is 0 Å². The fraction of sp³-hybridized carbons (Fsp3) is 0. The number of allylic oxidation sites excluding steroid dienone is 4. The number of thiol groups is 1. The maximum absolute atomic E-state index is 6.14. The van der Waals surface area contributed by atoms with Gasteiger partial charge in [0.05, 0.1) is 0 Å². The van der Waals surface area contributed by atoms with Crippen LogP contribution in [0.25, 0.3) is 16.7 Å². The molecule has 1 aliphatic carbocycles. The second-order valence-corrected chi connectivity index (χ2v) is 6.85. The van der Waals surface area contributed by atoms with Crippen molar-refractivity contribution in [1.82, 2.24) is 0 Å². The van der Waals surface area contributed by atoms with Gasteiger partial charge in [-0.1, -0.05) is 91.0 Å². The van der Waals surface area contributed by atoms with Crippen LogP contribution in [-0.4, -0.2) is 0 Å². The smallest absolute Gasteiger partial charge is 0.103 e. The molecule has 0 amide bonds. The van der Waals surface area contributed by atoms with Gasteiger partial charge in [-0.3, -0.25) is 0 Å². The Hall–Kier alpha value is -3.17. The molecule has 4 rings (SSSR count). The number of nitrogens with two attached hydrogens (primary N) is 2. The van der Waals surface area contributed by atoms with Crippen molar-refractivity contribution in [2.24, 2.45) is 11.5 Å². The van der Waals surface area contributed by atoms with Gasteiger partial charge in [-0.2, -0.15) is 0 Å². The maximum atomic E-state index is 6.14. The van der Waals surface area contributed by atoms with E-state index in [1.165, 1.54) is 0 Å². The zero-order valence-corrected chi connectivity index (χ0v) is 15.7.